The van der Waals surface area contributed by atoms with Crippen molar-refractivity contribution in [3.8, 4) is 16.9 Å². The maximum atomic E-state index is 10.7. The topological polar surface area (TPSA) is 64.3 Å². The van der Waals surface area contributed by atoms with Gasteiger partial charge in [0.25, 0.3) is 0 Å². The highest BCUT2D eigenvalue weighted by atomic mass is 35.5. The molecular weight excluding hydrogens is 411 g/mol. The van der Waals surface area contributed by atoms with Crippen LogP contribution in [0.15, 0.2) is 42.5 Å². The summed E-state index contributed by atoms with van der Waals surface area (Å²) in [7, 11) is 0. The van der Waals surface area contributed by atoms with E-state index in [9.17, 15) is 4.79 Å². The fourth-order valence-corrected chi connectivity index (χ4v) is 3.30. The molecule has 3 rings (SSSR count). The molecule has 27 heavy (non-hydrogen) atoms. The van der Waals surface area contributed by atoms with Gasteiger partial charge in [-0.15, -0.1) is 0 Å². The average Bonchev–Trinajstić information content (AvgIpc) is 2.92. The van der Waals surface area contributed by atoms with Gasteiger partial charge in [-0.2, -0.15) is 5.10 Å². The van der Waals surface area contributed by atoms with Gasteiger partial charge in [0, 0.05) is 21.2 Å². The molecule has 8 heteroatoms. The highest BCUT2D eigenvalue weighted by Crippen LogP contribution is 2.33. The zero-order valence-electron chi connectivity index (χ0n) is 14.2. The van der Waals surface area contributed by atoms with Gasteiger partial charge in [0.05, 0.1) is 28.7 Å². The quantitative estimate of drug-likeness (QED) is 0.573. The Labute approximate surface area is 171 Å². The molecule has 0 atom stereocenters. The number of rotatable bonds is 6. The van der Waals surface area contributed by atoms with E-state index in [0.29, 0.717) is 26.4 Å². The Kier molecular flexibility index (Phi) is 6.07. The molecule has 0 aliphatic rings. The van der Waals surface area contributed by atoms with Crippen LogP contribution in [0.25, 0.3) is 16.9 Å². The lowest BCUT2D eigenvalue weighted by Gasteiger charge is -2.11. The van der Waals surface area contributed by atoms with E-state index in [1.54, 1.807) is 35.0 Å². The number of halogens is 3. The van der Waals surface area contributed by atoms with Crippen LogP contribution < -0.4 is 0 Å². The van der Waals surface area contributed by atoms with Gasteiger partial charge in [0.1, 0.15) is 6.61 Å². The molecule has 140 valence electrons. The molecule has 1 aromatic heterocycles. The average molecular weight is 426 g/mol. The van der Waals surface area contributed by atoms with Gasteiger partial charge in [-0.3, -0.25) is 0 Å². The first-order chi connectivity index (χ1) is 12.9. The molecule has 0 radical (unpaired) electrons. The molecule has 0 bridgehead atoms. The second-order valence-electron chi connectivity index (χ2n) is 5.82. The van der Waals surface area contributed by atoms with Gasteiger partial charge in [-0.1, -0.05) is 46.9 Å². The van der Waals surface area contributed by atoms with E-state index in [1.165, 1.54) is 0 Å². The van der Waals surface area contributed by atoms with Crippen LogP contribution >= 0.6 is 34.8 Å². The minimum absolute atomic E-state index is 0.0664. The van der Waals surface area contributed by atoms with E-state index in [0.717, 1.165) is 16.8 Å². The molecule has 0 fully saturated rings. The molecule has 2 aromatic carbocycles. The van der Waals surface area contributed by atoms with Crippen LogP contribution in [0, 0.1) is 6.92 Å². The second kappa shape index (κ2) is 8.31. The first-order valence-electron chi connectivity index (χ1n) is 7.96. The van der Waals surface area contributed by atoms with Crippen LogP contribution in [0.2, 0.25) is 15.1 Å². The lowest BCUT2D eigenvalue weighted by molar-refractivity contribution is -0.142. The molecule has 0 unspecified atom stereocenters. The van der Waals surface area contributed by atoms with Crippen molar-refractivity contribution in [3.05, 3.63) is 68.8 Å². The lowest BCUT2D eigenvalue weighted by Crippen LogP contribution is -2.07. The van der Waals surface area contributed by atoms with E-state index < -0.39 is 12.6 Å². The number of ether oxygens (including phenoxy) is 1. The number of nitrogens with zero attached hydrogens (tertiary/aromatic N) is 2. The maximum Gasteiger partial charge on any atom is 0.329 e. The molecule has 0 aliphatic carbocycles. The monoisotopic (exact) mass is 424 g/mol. The number of benzene rings is 2. The first kappa shape index (κ1) is 19.7. The predicted molar refractivity (Wildman–Crippen MR) is 106 cm³/mol. The lowest BCUT2D eigenvalue weighted by atomic mass is 10.1. The Hall–Kier alpha value is -2.05. The summed E-state index contributed by atoms with van der Waals surface area (Å²) >= 11 is 18.4. The van der Waals surface area contributed by atoms with Gasteiger partial charge >= 0.3 is 5.97 Å². The summed E-state index contributed by atoms with van der Waals surface area (Å²) in [6.07, 6.45) is 0. The van der Waals surface area contributed by atoms with Gasteiger partial charge in [-0.25, -0.2) is 9.48 Å². The zero-order valence-corrected chi connectivity index (χ0v) is 16.5. The number of aromatic nitrogens is 2. The van der Waals surface area contributed by atoms with Crippen LogP contribution in [0.4, 0.5) is 0 Å². The van der Waals surface area contributed by atoms with Crippen molar-refractivity contribution in [2.24, 2.45) is 0 Å². The van der Waals surface area contributed by atoms with Gasteiger partial charge in [0.15, 0.2) is 0 Å². The molecule has 0 saturated carbocycles. The summed E-state index contributed by atoms with van der Waals surface area (Å²) in [6, 6.07) is 12.5. The van der Waals surface area contributed by atoms with Crippen molar-refractivity contribution in [1.29, 1.82) is 0 Å². The highest BCUT2D eigenvalue weighted by molar-refractivity contribution is 6.35. The summed E-state index contributed by atoms with van der Waals surface area (Å²) in [4.78, 5) is 10.7. The first-order valence-corrected chi connectivity index (χ1v) is 9.09. The van der Waals surface area contributed by atoms with Crippen LogP contribution in [0.5, 0.6) is 0 Å². The molecule has 5 nitrogen and oxygen atoms in total. The Morgan fingerprint density at radius 1 is 1.11 bits per heavy atom. The SMILES string of the molecule is Cc1c(COCC(=O)O)nn(-c2ccc(Cl)cc2Cl)c1-c1ccc(Cl)cc1. The normalized spacial score (nSPS) is 11.0. The van der Waals surface area contributed by atoms with Gasteiger partial charge in [0.2, 0.25) is 0 Å². The van der Waals surface area contributed by atoms with Crippen molar-refractivity contribution in [2.45, 2.75) is 13.5 Å². The summed E-state index contributed by atoms with van der Waals surface area (Å²) in [5, 5.41) is 15.0. The molecule has 0 saturated heterocycles. The Balaban J connectivity index is 2.12. The zero-order chi connectivity index (χ0) is 19.6. The number of carboxylic acids is 1. The summed E-state index contributed by atoms with van der Waals surface area (Å²) in [5.74, 6) is -1.04. The second-order valence-corrected chi connectivity index (χ2v) is 7.10. The molecule has 0 spiro atoms. The summed E-state index contributed by atoms with van der Waals surface area (Å²) in [5.41, 5.74) is 3.82. The number of hydrogen-bond acceptors (Lipinski definition) is 3. The van der Waals surface area contributed by atoms with Crippen LogP contribution in [-0.4, -0.2) is 27.5 Å². The minimum Gasteiger partial charge on any atom is -0.480 e. The van der Waals surface area contributed by atoms with Crippen LogP contribution in [0.1, 0.15) is 11.3 Å². The van der Waals surface area contributed by atoms with Crippen molar-refractivity contribution in [3.63, 3.8) is 0 Å². The molecule has 0 amide bonds. The number of aliphatic carboxylic acids is 1. The minimum atomic E-state index is -1.04. The van der Waals surface area contributed by atoms with Gasteiger partial charge in [-0.05, 0) is 37.3 Å². The van der Waals surface area contributed by atoms with Crippen molar-refractivity contribution >= 4 is 40.8 Å². The number of carbonyl (C=O) groups is 1. The third kappa shape index (κ3) is 4.45. The molecule has 1 heterocycles. The number of hydrogen-bond donors (Lipinski definition) is 1. The molecule has 0 aliphatic heterocycles. The van der Waals surface area contributed by atoms with E-state index in [4.69, 9.17) is 44.6 Å². The van der Waals surface area contributed by atoms with Crippen molar-refractivity contribution < 1.29 is 14.6 Å². The molecule has 1 N–H and O–H groups in total. The van der Waals surface area contributed by atoms with E-state index >= 15 is 0 Å². The summed E-state index contributed by atoms with van der Waals surface area (Å²) in [6.45, 7) is 1.57. The van der Waals surface area contributed by atoms with E-state index in [-0.39, 0.29) is 6.61 Å². The molecule has 3 aromatic rings. The molecular formula is C19H15Cl3N2O3. The summed E-state index contributed by atoms with van der Waals surface area (Å²) < 4.78 is 6.92. The Bertz CT molecular complexity index is 985. The number of carboxylic acid groups (broad SMARTS) is 1. The van der Waals surface area contributed by atoms with Crippen molar-refractivity contribution in [2.75, 3.05) is 6.61 Å². The maximum absolute atomic E-state index is 10.7. The fraction of sp³-hybridized carbons (Fsp3) is 0.158. The van der Waals surface area contributed by atoms with Crippen molar-refractivity contribution in [1.82, 2.24) is 9.78 Å². The third-order valence-electron chi connectivity index (χ3n) is 3.94. The Morgan fingerprint density at radius 3 is 2.41 bits per heavy atom. The highest BCUT2D eigenvalue weighted by Gasteiger charge is 2.19. The smallest absolute Gasteiger partial charge is 0.329 e. The largest absolute Gasteiger partial charge is 0.480 e. The fourth-order valence-electron chi connectivity index (χ4n) is 2.69. The third-order valence-corrected chi connectivity index (χ3v) is 4.73. The standard InChI is InChI=1S/C19H15Cl3N2O3/c1-11-16(9-27-10-18(25)26)23-24(17-7-6-14(21)8-15(17)22)19(11)12-2-4-13(20)5-3-12/h2-8H,9-10H2,1H3,(H,25,26). The predicted octanol–water partition coefficient (Wildman–Crippen LogP) is 5.41. The van der Waals surface area contributed by atoms with E-state index in [2.05, 4.69) is 5.10 Å². The van der Waals surface area contributed by atoms with Crippen LogP contribution in [-0.2, 0) is 16.1 Å². The van der Waals surface area contributed by atoms with Gasteiger partial charge < -0.3 is 9.84 Å². The van der Waals surface area contributed by atoms with Crippen LogP contribution in [0.3, 0.4) is 0 Å². The Morgan fingerprint density at radius 2 is 1.78 bits per heavy atom. The van der Waals surface area contributed by atoms with E-state index in [1.807, 2.05) is 19.1 Å².